The molecule has 0 saturated carbocycles. The molecule has 0 aromatic carbocycles. The van der Waals surface area contributed by atoms with Crippen LogP contribution in [0.2, 0.25) is 0 Å². The lowest BCUT2D eigenvalue weighted by Gasteiger charge is -2.36. The van der Waals surface area contributed by atoms with Crippen molar-refractivity contribution in [3.8, 4) is 0 Å². The largest absolute Gasteiger partial charge is 0.459 e. The highest BCUT2D eigenvalue weighted by atomic mass is 16.3. The maximum absolute atomic E-state index is 12.4. The summed E-state index contributed by atoms with van der Waals surface area (Å²) in [6, 6.07) is 2.71. The van der Waals surface area contributed by atoms with Crippen LogP contribution in [0.1, 0.15) is 37.2 Å². The summed E-state index contributed by atoms with van der Waals surface area (Å²) >= 11 is 0. The van der Waals surface area contributed by atoms with E-state index in [1.807, 2.05) is 6.92 Å². The molecule has 1 aromatic heterocycles. The molecule has 6 nitrogen and oxygen atoms in total. The molecule has 1 fully saturated rings. The molecule has 1 saturated heterocycles. The summed E-state index contributed by atoms with van der Waals surface area (Å²) in [6.45, 7) is 5.06. The second kappa shape index (κ2) is 6.76. The molecule has 1 aliphatic rings. The molecule has 3 atom stereocenters. The van der Waals surface area contributed by atoms with Crippen LogP contribution in [0.4, 0.5) is 0 Å². The monoisotopic (exact) mass is 293 g/mol. The van der Waals surface area contributed by atoms with E-state index in [2.05, 4.69) is 5.32 Å². The topological polar surface area (TPSA) is 88.6 Å². The van der Waals surface area contributed by atoms with Crippen LogP contribution >= 0.6 is 0 Å². The van der Waals surface area contributed by atoms with Crippen LogP contribution in [0.5, 0.6) is 0 Å². The van der Waals surface area contributed by atoms with Crippen molar-refractivity contribution >= 4 is 11.8 Å². The van der Waals surface area contributed by atoms with Gasteiger partial charge in [0.1, 0.15) is 6.04 Å². The van der Waals surface area contributed by atoms with Crippen molar-refractivity contribution in [2.45, 2.75) is 38.8 Å². The molecule has 3 unspecified atom stereocenters. The van der Waals surface area contributed by atoms with Crippen molar-refractivity contribution < 1.29 is 14.0 Å². The number of rotatable bonds is 4. The van der Waals surface area contributed by atoms with E-state index in [0.717, 1.165) is 19.4 Å². The van der Waals surface area contributed by atoms with Crippen molar-refractivity contribution in [3.63, 3.8) is 0 Å². The van der Waals surface area contributed by atoms with Crippen LogP contribution in [-0.4, -0.2) is 41.9 Å². The Balaban J connectivity index is 1.91. The van der Waals surface area contributed by atoms with Gasteiger partial charge in [-0.25, -0.2) is 0 Å². The third-order valence-electron chi connectivity index (χ3n) is 3.98. The van der Waals surface area contributed by atoms with Gasteiger partial charge in [-0.15, -0.1) is 0 Å². The van der Waals surface area contributed by atoms with Gasteiger partial charge in [0.2, 0.25) is 5.91 Å². The van der Waals surface area contributed by atoms with Crippen molar-refractivity contribution in [1.29, 1.82) is 0 Å². The molecule has 1 aliphatic heterocycles. The maximum Gasteiger partial charge on any atom is 0.287 e. The van der Waals surface area contributed by atoms with Gasteiger partial charge >= 0.3 is 0 Å². The van der Waals surface area contributed by atoms with Crippen molar-refractivity contribution in [3.05, 3.63) is 24.2 Å². The molecule has 21 heavy (non-hydrogen) atoms. The molecule has 0 aliphatic carbocycles. The van der Waals surface area contributed by atoms with Gasteiger partial charge in [0.15, 0.2) is 5.76 Å². The van der Waals surface area contributed by atoms with Gasteiger partial charge in [-0.05, 0) is 44.7 Å². The van der Waals surface area contributed by atoms with Gasteiger partial charge < -0.3 is 20.4 Å². The van der Waals surface area contributed by atoms with Gasteiger partial charge in [0.25, 0.3) is 5.91 Å². The number of furan rings is 1. The highest BCUT2D eigenvalue weighted by Crippen LogP contribution is 2.19. The van der Waals surface area contributed by atoms with Crippen molar-refractivity contribution in [1.82, 2.24) is 10.2 Å². The zero-order valence-corrected chi connectivity index (χ0v) is 12.5. The number of nitrogens with one attached hydrogen (secondary N) is 1. The van der Waals surface area contributed by atoms with Crippen LogP contribution < -0.4 is 11.1 Å². The van der Waals surface area contributed by atoms with Crippen molar-refractivity contribution in [2.24, 2.45) is 11.7 Å². The molecule has 0 bridgehead atoms. The summed E-state index contributed by atoms with van der Waals surface area (Å²) < 4.78 is 5.02. The molecule has 6 heteroatoms. The summed E-state index contributed by atoms with van der Waals surface area (Å²) in [6.07, 6.45) is 3.44. The van der Waals surface area contributed by atoms with Gasteiger partial charge in [-0.2, -0.15) is 0 Å². The van der Waals surface area contributed by atoms with Crippen LogP contribution in [-0.2, 0) is 4.79 Å². The van der Waals surface area contributed by atoms with Crippen LogP contribution in [0.3, 0.4) is 0 Å². The Bertz CT molecular complexity index is 484. The standard InChI is InChI=1S/C15H23N3O3/c1-10(16)12-5-3-7-18(9-12)15(20)11(2)17-14(19)13-6-4-8-21-13/h4,6,8,10-12H,3,5,7,9,16H2,1-2H3,(H,17,19). The van der Waals surface area contributed by atoms with Gasteiger partial charge in [0.05, 0.1) is 6.26 Å². The van der Waals surface area contributed by atoms with E-state index in [4.69, 9.17) is 10.2 Å². The van der Waals surface area contributed by atoms with E-state index in [0.29, 0.717) is 12.5 Å². The summed E-state index contributed by atoms with van der Waals surface area (Å²) in [7, 11) is 0. The first-order valence-electron chi connectivity index (χ1n) is 7.37. The minimum atomic E-state index is -0.575. The average Bonchev–Trinajstić information content (AvgIpc) is 3.00. The lowest BCUT2D eigenvalue weighted by atomic mass is 9.92. The normalized spacial score (nSPS) is 21.7. The van der Waals surface area contributed by atoms with Gasteiger partial charge in [0, 0.05) is 19.1 Å². The maximum atomic E-state index is 12.4. The van der Waals surface area contributed by atoms with E-state index in [1.54, 1.807) is 24.0 Å². The van der Waals surface area contributed by atoms with Gasteiger partial charge in [-0.3, -0.25) is 9.59 Å². The fraction of sp³-hybridized carbons (Fsp3) is 0.600. The van der Waals surface area contributed by atoms with Crippen LogP contribution in [0.25, 0.3) is 0 Å². The summed E-state index contributed by atoms with van der Waals surface area (Å²) in [5.74, 6) is 0.0966. The second-order valence-corrected chi connectivity index (χ2v) is 5.72. The number of hydrogen-bond donors (Lipinski definition) is 2. The number of carbonyl (C=O) groups excluding carboxylic acids is 2. The van der Waals surface area contributed by atoms with Gasteiger partial charge in [-0.1, -0.05) is 0 Å². The predicted octanol–water partition coefficient (Wildman–Crippen LogP) is 0.984. The Hall–Kier alpha value is -1.82. The highest BCUT2D eigenvalue weighted by Gasteiger charge is 2.29. The Labute approximate surface area is 124 Å². The first-order valence-corrected chi connectivity index (χ1v) is 7.37. The SMILES string of the molecule is CC(NC(=O)c1ccco1)C(=O)N1CCCC(C(C)N)C1. The minimum absolute atomic E-state index is 0.0692. The molecular formula is C15H23N3O3. The second-order valence-electron chi connectivity index (χ2n) is 5.72. The lowest BCUT2D eigenvalue weighted by Crippen LogP contribution is -2.51. The molecule has 3 N–H and O–H groups in total. The van der Waals surface area contributed by atoms with E-state index < -0.39 is 6.04 Å². The minimum Gasteiger partial charge on any atom is -0.459 e. The molecule has 2 heterocycles. The molecule has 116 valence electrons. The fourth-order valence-electron chi connectivity index (χ4n) is 2.65. The van der Waals surface area contributed by atoms with E-state index in [9.17, 15) is 9.59 Å². The van der Waals surface area contributed by atoms with E-state index in [-0.39, 0.29) is 23.6 Å². The zero-order chi connectivity index (χ0) is 15.4. The summed E-state index contributed by atoms with van der Waals surface area (Å²) in [5.41, 5.74) is 5.93. The molecule has 1 aromatic rings. The molecule has 2 rings (SSSR count). The van der Waals surface area contributed by atoms with Crippen molar-refractivity contribution in [2.75, 3.05) is 13.1 Å². The molecule has 0 radical (unpaired) electrons. The number of nitrogens with two attached hydrogens (primary N) is 1. The highest BCUT2D eigenvalue weighted by molar-refractivity contribution is 5.95. The third-order valence-corrected chi connectivity index (χ3v) is 3.98. The number of likely N-dealkylation sites (tertiary alicyclic amines) is 1. The molecule has 2 amide bonds. The number of amides is 2. The number of piperidine rings is 1. The van der Waals surface area contributed by atoms with Crippen LogP contribution in [0, 0.1) is 5.92 Å². The quantitative estimate of drug-likeness (QED) is 0.866. The Morgan fingerprint density at radius 3 is 2.86 bits per heavy atom. The fourth-order valence-corrected chi connectivity index (χ4v) is 2.65. The lowest BCUT2D eigenvalue weighted by molar-refractivity contribution is -0.134. The zero-order valence-electron chi connectivity index (χ0n) is 12.5. The van der Waals surface area contributed by atoms with E-state index in [1.165, 1.54) is 6.26 Å². The molecular weight excluding hydrogens is 270 g/mol. The smallest absolute Gasteiger partial charge is 0.287 e. The average molecular weight is 293 g/mol. The first kappa shape index (κ1) is 15.6. The van der Waals surface area contributed by atoms with Crippen LogP contribution in [0.15, 0.2) is 22.8 Å². The Kier molecular flexibility index (Phi) is 5.01. The first-order chi connectivity index (χ1) is 9.99. The summed E-state index contributed by atoms with van der Waals surface area (Å²) in [5, 5.41) is 2.67. The third kappa shape index (κ3) is 3.85. The predicted molar refractivity (Wildman–Crippen MR) is 78.6 cm³/mol. The van der Waals surface area contributed by atoms with E-state index >= 15 is 0 Å². The number of carbonyl (C=O) groups is 2. The Morgan fingerprint density at radius 2 is 2.24 bits per heavy atom. The Morgan fingerprint density at radius 1 is 1.48 bits per heavy atom. The summed E-state index contributed by atoms with van der Waals surface area (Å²) in [4.78, 5) is 26.1. The molecule has 0 spiro atoms. The number of nitrogens with zero attached hydrogens (tertiary/aromatic N) is 1. The number of hydrogen-bond acceptors (Lipinski definition) is 4.